The van der Waals surface area contributed by atoms with Gasteiger partial charge in [-0.3, -0.25) is 4.79 Å². The first-order valence-corrected chi connectivity index (χ1v) is 8.21. The third-order valence-corrected chi connectivity index (χ3v) is 4.28. The molecule has 5 nitrogen and oxygen atoms in total. The molecule has 0 aliphatic carbocycles. The van der Waals surface area contributed by atoms with Crippen LogP contribution in [0, 0.1) is 0 Å². The normalized spacial score (nSPS) is 20.5. The summed E-state index contributed by atoms with van der Waals surface area (Å²) in [7, 11) is 0. The number of carbonyl (C=O) groups excluding carboxylic acids is 1. The Bertz CT molecular complexity index is 544. The second kappa shape index (κ2) is 7.20. The summed E-state index contributed by atoms with van der Waals surface area (Å²) in [5, 5.41) is 6.79. The van der Waals surface area contributed by atoms with Crippen molar-refractivity contribution in [1.82, 2.24) is 10.6 Å². The number of nitrogens with one attached hydrogen (secondary N) is 2. The van der Waals surface area contributed by atoms with Gasteiger partial charge in [0, 0.05) is 6.54 Å². The molecule has 1 aromatic rings. The minimum atomic E-state index is -0.0439. The number of ether oxygens (including phenoxy) is 2. The smallest absolute Gasteiger partial charge is 0.237 e. The molecule has 1 atom stereocenters. The maximum Gasteiger partial charge on any atom is 0.237 e. The molecule has 6 heteroatoms. The second-order valence-electron chi connectivity index (χ2n) is 5.65. The van der Waals surface area contributed by atoms with Crippen LogP contribution in [0.15, 0.2) is 12.1 Å². The zero-order valence-corrected chi connectivity index (χ0v) is 13.2. The van der Waals surface area contributed by atoms with Gasteiger partial charge in [0.05, 0.1) is 11.1 Å². The van der Waals surface area contributed by atoms with E-state index in [-0.39, 0.29) is 11.9 Å². The molecule has 2 aliphatic rings. The predicted molar refractivity (Wildman–Crippen MR) is 84.8 cm³/mol. The van der Waals surface area contributed by atoms with Crippen LogP contribution in [0.2, 0.25) is 5.02 Å². The van der Waals surface area contributed by atoms with Gasteiger partial charge in [-0.2, -0.15) is 0 Å². The topological polar surface area (TPSA) is 59.6 Å². The number of hydrogen-bond donors (Lipinski definition) is 2. The van der Waals surface area contributed by atoms with E-state index in [1.807, 2.05) is 12.1 Å². The van der Waals surface area contributed by atoms with Crippen LogP contribution in [0.5, 0.6) is 11.5 Å². The number of halogens is 1. The Morgan fingerprint density at radius 2 is 2.18 bits per heavy atom. The predicted octanol–water partition coefficient (Wildman–Crippen LogP) is 1.91. The van der Waals surface area contributed by atoms with Gasteiger partial charge in [-0.1, -0.05) is 18.0 Å². The van der Waals surface area contributed by atoms with Crippen molar-refractivity contribution >= 4 is 17.5 Å². The van der Waals surface area contributed by atoms with Gasteiger partial charge in [0.15, 0.2) is 11.5 Å². The Kier molecular flexibility index (Phi) is 5.05. The molecule has 0 aromatic heterocycles. The van der Waals surface area contributed by atoms with Crippen molar-refractivity contribution in [1.29, 1.82) is 0 Å². The van der Waals surface area contributed by atoms with Gasteiger partial charge < -0.3 is 20.1 Å². The highest BCUT2D eigenvalue weighted by Crippen LogP contribution is 2.38. The van der Waals surface area contributed by atoms with E-state index in [9.17, 15) is 4.79 Å². The van der Waals surface area contributed by atoms with Crippen LogP contribution in [-0.4, -0.2) is 38.3 Å². The number of amides is 1. The third kappa shape index (κ3) is 3.65. The van der Waals surface area contributed by atoms with Crippen LogP contribution in [0.4, 0.5) is 0 Å². The van der Waals surface area contributed by atoms with Crippen LogP contribution in [0.3, 0.4) is 0 Å². The maximum absolute atomic E-state index is 12.0. The van der Waals surface area contributed by atoms with Crippen LogP contribution < -0.4 is 20.1 Å². The number of fused-ring (bicyclic) bond motifs is 1. The van der Waals surface area contributed by atoms with Crippen molar-refractivity contribution in [3.63, 3.8) is 0 Å². The molecule has 2 heterocycles. The Balaban J connectivity index is 1.53. The summed E-state index contributed by atoms with van der Waals surface area (Å²) in [4.78, 5) is 12.0. The van der Waals surface area contributed by atoms with Gasteiger partial charge in [0.1, 0.15) is 13.2 Å². The van der Waals surface area contributed by atoms with Gasteiger partial charge in [-0.15, -0.1) is 0 Å². The van der Waals surface area contributed by atoms with Crippen LogP contribution in [0.25, 0.3) is 0 Å². The summed E-state index contributed by atoms with van der Waals surface area (Å²) >= 11 is 6.21. The highest BCUT2D eigenvalue weighted by Gasteiger charge is 2.20. The molecule has 1 aromatic carbocycles. The fourth-order valence-corrected chi connectivity index (χ4v) is 3.13. The van der Waals surface area contributed by atoms with Crippen molar-refractivity contribution in [2.75, 3.05) is 26.3 Å². The molecule has 22 heavy (non-hydrogen) atoms. The van der Waals surface area contributed by atoms with Gasteiger partial charge >= 0.3 is 0 Å². The summed E-state index contributed by atoms with van der Waals surface area (Å²) in [5.74, 6) is 1.39. The van der Waals surface area contributed by atoms with E-state index in [2.05, 4.69) is 10.6 Å². The fourth-order valence-electron chi connectivity index (χ4n) is 2.84. The number of piperidine rings is 1. The van der Waals surface area contributed by atoms with E-state index >= 15 is 0 Å². The van der Waals surface area contributed by atoms with Gasteiger partial charge in [0.2, 0.25) is 5.91 Å². The van der Waals surface area contributed by atoms with Gasteiger partial charge in [0.25, 0.3) is 0 Å². The Morgan fingerprint density at radius 3 is 3.00 bits per heavy atom. The molecule has 1 unspecified atom stereocenters. The molecule has 1 fully saturated rings. The lowest BCUT2D eigenvalue weighted by Gasteiger charge is -2.22. The first-order chi connectivity index (χ1) is 10.7. The molecular weight excluding hydrogens is 304 g/mol. The molecule has 0 spiro atoms. The van der Waals surface area contributed by atoms with E-state index < -0.39 is 0 Å². The second-order valence-corrected chi connectivity index (χ2v) is 6.05. The number of rotatable bonds is 4. The number of benzene rings is 1. The fraction of sp³-hybridized carbons (Fsp3) is 0.562. The molecule has 1 saturated heterocycles. The number of hydrogen-bond acceptors (Lipinski definition) is 4. The van der Waals surface area contributed by atoms with Gasteiger partial charge in [-0.05, 0) is 43.5 Å². The van der Waals surface area contributed by atoms with E-state index in [1.54, 1.807) is 0 Å². The van der Waals surface area contributed by atoms with Crippen LogP contribution in [-0.2, 0) is 11.2 Å². The van der Waals surface area contributed by atoms with Gasteiger partial charge in [-0.25, -0.2) is 0 Å². The molecule has 0 saturated carbocycles. The average Bonchev–Trinajstić information content (AvgIpc) is 2.56. The lowest BCUT2D eigenvalue weighted by Crippen LogP contribution is -2.47. The molecule has 120 valence electrons. The maximum atomic E-state index is 12.0. The first-order valence-electron chi connectivity index (χ1n) is 7.83. The lowest BCUT2D eigenvalue weighted by atomic mass is 10.0. The minimum absolute atomic E-state index is 0.0439. The Morgan fingerprint density at radius 1 is 1.32 bits per heavy atom. The van der Waals surface area contributed by atoms with Crippen molar-refractivity contribution in [3.8, 4) is 11.5 Å². The average molecular weight is 325 g/mol. The molecule has 2 N–H and O–H groups in total. The third-order valence-electron chi connectivity index (χ3n) is 4.00. The summed E-state index contributed by atoms with van der Waals surface area (Å²) in [5.41, 5.74) is 1.03. The molecule has 0 radical (unpaired) electrons. The Labute approximate surface area is 135 Å². The van der Waals surface area contributed by atoms with Crippen molar-refractivity contribution in [2.24, 2.45) is 0 Å². The Hall–Kier alpha value is -1.46. The first kappa shape index (κ1) is 15.4. The van der Waals surface area contributed by atoms with Crippen molar-refractivity contribution in [2.45, 2.75) is 31.7 Å². The van der Waals surface area contributed by atoms with Crippen LogP contribution >= 0.6 is 11.6 Å². The monoisotopic (exact) mass is 324 g/mol. The molecule has 1 amide bonds. The van der Waals surface area contributed by atoms with E-state index in [0.717, 1.165) is 37.8 Å². The zero-order valence-electron chi connectivity index (χ0n) is 12.5. The molecule has 2 aliphatic heterocycles. The summed E-state index contributed by atoms with van der Waals surface area (Å²) in [6, 6.07) is 3.77. The summed E-state index contributed by atoms with van der Waals surface area (Å²) in [6.45, 7) is 2.58. The highest BCUT2D eigenvalue weighted by atomic mass is 35.5. The summed E-state index contributed by atoms with van der Waals surface area (Å²) in [6.07, 6.45) is 3.90. The van der Waals surface area contributed by atoms with E-state index in [4.69, 9.17) is 21.1 Å². The molecular formula is C16H21ClN2O3. The minimum Gasteiger partial charge on any atom is -0.486 e. The molecule has 3 rings (SSSR count). The van der Waals surface area contributed by atoms with Crippen molar-refractivity contribution in [3.05, 3.63) is 22.7 Å². The van der Waals surface area contributed by atoms with Crippen molar-refractivity contribution < 1.29 is 14.3 Å². The molecule has 0 bridgehead atoms. The SMILES string of the molecule is O=C(NCCc1cc(Cl)c2c(c1)OCCO2)C1CCCCN1. The quantitative estimate of drug-likeness (QED) is 0.888. The standard InChI is InChI=1S/C16H21ClN2O3/c17-12-9-11(10-14-15(12)22-8-7-21-14)4-6-19-16(20)13-3-1-2-5-18-13/h9-10,13,18H,1-8H2,(H,19,20). The van der Waals surface area contributed by atoms with Crippen LogP contribution in [0.1, 0.15) is 24.8 Å². The summed E-state index contributed by atoms with van der Waals surface area (Å²) < 4.78 is 11.1. The lowest BCUT2D eigenvalue weighted by molar-refractivity contribution is -0.123. The van der Waals surface area contributed by atoms with E-state index in [1.165, 1.54) is 0 Å². The largest absolute Gasteiger partial charge is 0.486 e. The number of carbonyl (C=O) groups is 1. The zero-order chi connectivity index (χ0) is 15.4. The highest BCUT2D eigenvalue weighted by molar-refractivity contribution is 6.32. The van der Waals surface area contributed by atoms with E-state index in [0.29, 0.717) is 36.3 Å².